The van der Waals surface area contributed by atoms with Gasteiger partial charge in [-0.1, -0.05) is 0 Å². The summed E-state index contributed by atoms with van der Waals surface area (Å²) in [6.45, 7) is 0.763. The Balaban J connectivity index is 1.39. The summed E-state index contributed by atoms with van der Waals surface area (Å²) in [4.78, 5) is 24.6. The number of carbonyl (C=O) groups excluding carboxylic acids is 2. The summed E-state index contributed by atoms with van der Waals surface area (Å²) >= 11 is 0. The van der Waals surface area contributed by atoms with Crippen LogP contribution < -0.4 is 5.32 Å². The summed E-state index contributed by atoms with van der Waals surface area (Å²) in [6, 6.07) is 5.92. The van der Waals surface area contributed by atoms with E-state index < -0.39 is 15.9 Å². The SMILES string of the molecule is O=C(NCCn1ccc2ccc(F)cc21)C1=NN([C@@H]2CCS(=O)(=O)C2)C(=O)CC1. The predicted octanol–water partition coefficient (Wildman–Crippen LogP) is 1.06. The summed E-state index contributed by atoms with van der Waals surface area (Å²) in [5.74, 6) is -1.05. The molecule has 2 aliphatic heterocycles. The van der Waals surface area contributed by atoms with Crippen LogP contribution in [-0.4, -0.2) is 59.6 Å². The van der Waals surface area contributed by atoms with Crippen molar-refractivity contribution < 1.29 is 22.4 Å². The number of hydrazone groups is 1. The third kappa shape index (κ3) is 4.16. The lowest BCUT2D eigenvalue weighted by atomic mass is 10.1. The Bertz CT molecular complexity index is 1110. The van der Waals surface area contributed by atoms with Crippen LogP contribution in [0, 0.1) is 5.82 Å². The fourth-order valence-corrected chi connectivity index (χ4v) is 5.42. The van der Waals surface area contributed by atoms with Gasteiger partial charge in [0, 0.05) is 32.1 Å². The Morgan fingerprint density at radius 3 is 2.86 bits per heavy atom. The summed E-state index contributed by atoms with van der Waals surface area (Å²) in [7, 11) is -3.16. The lowest BCUT2D eigenvalue weighted by molar-refractivity contribution is -0.133. The molecule has 8 nitrogen and oxygen atoms in total. The number of hydrogen-bond acceptors (Lipinski definition) is 5. The molecule has 1 atom stereocenters. The van der Waals surface area contributed by atoms with Crippen LogP contribution in [-0.2, 0) is 26.0 Å². The van der Waals surface area contributed by atoms with Crippen LogP contribution >= 0.6 is 0 Å². The minimum atomic E-state index is -3.16. The minimum absolute atomic E-state index is 0.0317. The van der Waals surface area contributed by atoms with Crippen LogP contribution in [0.4, 0.5) is 4.39 Å². The molecule has 29 heavy (non-hydrogen) atoms. The molecule has 0 aliphatic carbocycles. The van der Waals surface area contributed by atoms with Crippen molar-refractivity contribution in [3.63, 3.8) is 0 Å². The molecule has 154 valence electrons. The van der Waals surface area contributed by atoms with Gasteiger partial charge < -0.3 is 9.88 Å². The number of fused-ring (bicyclic) bond motifs is 1. The van der Waals surface area contributed by atoms with Gasteiger partial charge in [-0.15, -0.1) is 0 Å². The van der Waals surface area contributed by atoms with E-state index in [1.807, 2.05) is 16.8 Å². The molecule has 0 radical (unpaired) electrons. The molecule has 0 saturated carbocycles. The Morgan fingerprint density at radius 2 is 2.10 bits per heavy atom. The zero-order chi connectivity index (χ0) is 20.6. The highest BCUT2D eigenvalue weighted by molar-refractivity contribution is 7.91. The Kier molecular flexibility index (Phi) is 5.12. The fourth-order valence-electron chi connectivity index (χ4n) is 3.73. The first-order valence-electron chi connectivity index (χ1n) is 9.45. The van der Waals surface area contributed by atoms with Gasteiger partial charge in [0.1, 0.15) is 11.5 Å². The molecule has 2 aliphatic rings. The van der Waals surface area contributed by atoms with Gasteiger partial charge in [0.15, 0.2) is 9.84 Å². The van der Waals surface area contributed by atoms with Gasteiger partial charge >= 0.3 is 0 Å². The van der Waals surface area contributed by atoms with Gasteiger partial charge in [0.2, 0.25) is 5.91 Å². The van der Waals surface area contributed by atoms with E-state index in [0.717, 1.165) is 10.9 Å². The lowest BCUT2D eigenvalue weighted by Gasteiger charge is -2.27. The zero-order valence-corrected chi connectivity index (χ0v) is 16.5. The summed E-state index contributed by atoms with van der Waals surface area (Å²) in [6.07, 6.45) is 2.52. The average molecular weight is 420 g/mol. The number of halogens is 1. The van der Waals surface area contributed by atoms with Gasteiger partial charge in [-0.2, -0.15) is 5.10 Å². The molecule has 3 heterocycles. The number of aromatic nitrogens is 1. The van der Waals surface area contributed by atoms with Gasteiger partial charge in [0.25, 0.3) is 5.91 Å². The van der Waals surface area contributed by atoms with Gasteiger partial charge in [-0.05, 0) is 36.1 Å². The van der Waals surface area contributed by atoms with Crippen molar-refractivity contribution in [2.24, 2.45) is 5.10 Å². The molecule has 1 aromatic carbocycles. The predicted molar refractivity (Wildman–Crippen MR) is 105 cm³/mol. The Morgan fingerprint density at radius 1 is 1.28 bits per heavy atom. The third-order valence-corrected chi connectivity index (χ3v) is 7.00. The summed E-state index contributed by atoms with van der Waals surface area (Å²) in [5, 5.41) is 9.01. The molecule has 1 N–H and O–H groups in total. The topological polar surface area (TPSA) is 101 Å². The van der Waals surface area contributed by atoms with Crippen LogP contribution in [0.3, 0.4) is 0 Å². The molecule has 1 aromatic heterocycles. The quantitative estimate of drug-likeness (QED) is 0.782. The van der Waals surface area contributed by atoms with Crippen molar-refractivity contribution in [1.29, 1.82) is 0 Å². The van der Waals surface area contributed by atoms with E-state index in [2.05, 4.69) is 10.4 Å². The zero-order valence-electron chi connectivity index (χ0n) is 15.7. The van der Waals surface area contributed by atoms with Crippen molar-refractivity contribution in [3.8, 4) is 0 Å². The molecule has 1 saturated heterocycles. The molecule has 1 fully saturated rings. The van der Waals surface area contributed by atoms with Crippen LogP contribution in [0.1, 0.15) is 19.3 Å². The molecular formula is C19H21FN4O4S. The molecule has 2 amide bonds. The maximum Gasteiger partial charge on any atom is 0.267 e. The molecule has 0 unspecified atom stereocenters. The number of benzene rings is 1. The van der Waals surface area contributed by atoms with Crippen molar-refractivity contribution in [2.45, 2.75) is 31.8 Å². The molecule has 0 bridgehead atoms. The van der Waals surface area contributed by atoms with Gasteiger partial charge in [0.05, 0.1) is 23.1 Å². The van der Waals surface area contributed by atoms with Gasteiger partial charge in [-0.3, -0.25) is 9.59 Å². The number of nitrogens with zero attached hydrogens (tertiary/aromatic N) is 3. The number of hydrogen-bond donors (Lipinski definition) is 1. The van der Waals surface area contributed by atoms with E-state index in [4.69, 9.17) is 0 Å². The third-order valence-electron chi connectivity index (χ3n) is 5.25. The first kappa shape index (κ1) is 19.6. The number of sulfone groups is 1. The molecule has 0 spiro atoms. The van der Waals surface area contributed by atoms with Crippen molar-refractivity contribution in [1.82, 2.24) is 14.9 Å². The lowest BCUT2D eigenvalue weighted by Crippen LogP contribution is -2.44. The van der Waals surface area contributed by atoms with Gasteiger partial charge in [-0.25, -0.2) is 17.8 Å². The minimum Gasteiger partial charge on any atom is -0.349 e. The van der Waals surface area contributed by atoms with Crippen LogP contribution in [0.5, 0.6) is 0 Å². The van der Waals surface area contributed by atoms with Crippen LogP contribution in [0.25, 0.3) is 10.9 Å². The molecule has 10 heteroatoms. The second kappa shape index (κ2) is 7.58. The van der Waals surface area contributed by atoms with E-state index in [9.17, 15) is 22.4 Å². The highest BCUT2D eigenvalue weighted by Crippen LogP contribution is 2.22. The number of nitrogens with one attached hydrogen (secondary N) is 1. The normalized spacial score (nSPS) is 21.4. The van der Waals surface area contributed by atoms with Crippen molar-refractivity contribution in [3.05, 3.63) is 36.3 Å². The highest BCUT2D eigenvalue weighted by Gasteiger charge is 2.37. The average Bonchev–Trinajstić information content (AvgIpc) is 3.24. The maximum atomic E-state index is 13.5. The number of amides is 2. The monoisotopic (exact) mass is 420 g/mol. The maximum absolute atomic E-state index is 13.5. The summed E-state index contributed by atoms with van der Waals surface area (Å²) in [5.41, 5.74) is 0.964. The van der Waals surface area contributed by atoms with E-state index in [1.54, 1.807) is 6.07 Å². The second-order valence-electron chi connectivity index (χ2n) is 7.31. The number of carbonyl (C=O) groups is 2. The second-order valence-corrected chi connectivity index (χ2v) is 9.54. The molecule has 4 rings (SSSR count). The Hall–Kier alpha value is -2.75. The first-order chi connectivity index (χ1) is 13.8. The van der Waals surface area contributed by atoms with E-state index >= 15 is 0 Å². The summed E-state index contributed by atoms with van der Waals surface area (Å²) < 4.78 is 38.7. The van der Waals surface area contributed by atoms with Crippen molar-refractivity contribution >= 4 is 38.3 Å². The van der Waals surface area contributed by atoms with Crippen LogP contribution in [0.2, 0.25) is 0 Å². The van der Waals surface area contributed by atoms with E-state index in [1.165, 1.54) is 17.1 Å². The molecule has 2 aromatic rings. The van der Waals surface area contributed by atoms with Crippen LogP contribution in [0.15, 0.2) is 35.6 Å². The first-order valence-corrected chi connectivity index (χ1v) is 11.3. The van der Waals surface area contributed by atoms with Crippen molar-refractivity contribution in [2.75, 3.05) is 18.1 Å². The highest BCUT2D eigenvalue weighted by atomic mass is 32.2. The van der Waals surface area contributed by atoms with E-state index in [0.29, 0.717) is 19.5 Å². The smallest absolute Gasteiger partial charge is 0.267 e. The number of rotatable bonds is 5. The molecular weight excluding hydrogens is 399 g/mol. The Labute approximate surface area is 167 Å². The standard InChI is InChI=1S/C19H21FN4O4S/c20-14-2-1-13-5-8-23(17(13)11-14)9-7-21-19(26)16-3-4-18(25)24(22-16)15-6-10-29(27,28)12-15/h1-2,5,8,11,15H,3-4,6-7,9-10,12H2,(H,21,26)/t15-/m1/s1. The fraction of sp³-hybridized carbons (Fsp3) is 0.421. The van der Waals surface area contributed by atoms with E-state index in [-0.39, 0.29) is 47.7 Å². The largest absolute Gasteiger partial charge is 0.349 e.